The van der Waals surface area contributed by atoms with Crippen molar-refractivity contribution in [3.63, 3.8) is 0 Å². The first-order valence-electron chi connectivity index (χ1n) is 7.55. The van der Waals surface area contributed by atoms with Crippen molar-refractivity contribution in [3.8, 4) is 0 Å². The number of nitrogens with two attached hydrogens (primary N) is 1. The molecule has 0 spiro atoms. The third-order valence-electron chi connectivity index (χ3n) is 4.05. The lowest BCUT2D eigenvalue weighted by molar-refractivity contribution is -0.132. The highest BCUT2D eigenvalue weighted by atomic mass is 19.1. The molecule has 1 aromatic rings. The Labute approximate surface area is 124 Å². The van der Waals surface area contributed by atoms with Crippen molar-refractivity contribution in [1.29, 1.82) is 0 Å². The Morgan fingerprint density at radius 3 is 2.62 bits per heavy atom. The van der Waals surface area contributed by atoms with Crippen LogP contribution < -0.4 is 5.73 Å². The van der Waals surface area contributed by atoms with Gasteiger partial charge in [-0.2, -0.15) is 0 Å². The van der Waals surface area contributed by atoms with E-state index < -0.39 is 11.6 Å². The average Bonchev–Trinajstić information content (AvgIpc) is 2.96. The Kier molecular flexibility index (Phi) is 5.67. The number of hydrogen-bond donors (Lipinski definition) is 1. The second-order valence-electron chi connectivity index (χ2n) is 5.58. The van der Waals surface area contributed by atoms with Crippen molar-refractivity contribution < 1.29 is 13.6 Å². The summed E-state index contributed by atoms with van der Waals surface area (Å²) in [5.41, 5.74) is 5.78. The normalized spacial score (nSPS) is 15.4. The van der Waals surface area contributed by atoms with Crippen LogP contribution in [0.3, 0.4) is 0 Å². The van der Waals surface area contributed by atoms with Gasteiger partial charge in [-0.1, -0.05) is 18.9 Å². The fraction of sp³-hybridized carbons (Fsp3) is 0.562. The van der Waals surface area contributed by atoms with E-state index in [2.05, 4.69) is 0 Å². The summed E-state index contributed by atoms with van der Waals surface area (Å²) in [6.07, 6.45) is 4.98. The maximum absolute atomic E-state index is 13.7. The second kappa shape index (κ2) is 7.50. The lowest BCUT2D eigenvalue weighted by atomic mass is 10.1. The minimum atomic E-state index is -0.659. The van der Waals surface area contributed by atoms with Gasteiger partial charge in [0.1, 0.15) is 11.6 Å². The summed E-state index contributed by atoms with van der Waals surface area (Å²) in [4.78, 5) is 14.3. The van der Waals surface area contributed by atoms with E-state index in [0.717, 1.165) is 38.2 Å². The van der Waals surface area contributed by atoms with Gasteiger partial charge >= 0.3 is 0 Å². The molecule has 0 unspecified atom stereocenters. The first-order chi connectivity index (χ1) is 10.1. The lowest BCUT2D eigenvalue weighted by Gasteiger charge is -2.29. The van der Waals surface area contributed by atoms with Gasteiger partial charge < -0.3 is 10.6 Å². The van der Waals surface area contributed by atoms with Gasteiger partial charge in [-0.3, -0.25) is 4.79 Å². The first kappa shape index (κ1) is 15.9. The second-order valence-corrected chi connectivity index (χ2v) is 5.58. The molecule has 0 bridgehead atoms. The number of halogens is 2. The molecule has 1 aliphatic rings. The highest BCUT2D eigenvalue weighted by molar-refractivity contribution is 5.79. The van der Waals surface area contributed by atoms with E-state index in [9.17, 15) is 13.6 Å². The summed E-state index contributed by atoms with van der Waals surface area (Å²) < 4.78 is 26.6. The average molecular weight is 296 g/mol. The SMILES string of the molecule is NCCCN(C(=O)Cc1ccc(F)cc1F)C1CCCC1. The van der Waals surface area contributed by atoms with Gasteiger partial charge in [-0.05, 0) is 37.4 Å². The molecule has 1 amide bonds. The van der Waals surface area contributed by atoms with Gasteiger partial charge in [0.15, 0.2) is 0 Å². The van der Waals surface area contributed by atoms with Crippen LogP contribution in [0.25, 0.3) is 0 Å². The predicted molar refractivity (Wildman–Crippen MR) is 77.7 cm³/mol. The van der Waals surface area contributed by atoms with Crippen LogP contribution >= 0.6 is 0 Å². The van der Waals surface area contributed by atoms with Crippen molar-refractivity contribution >= 4 is 5.91 Å². The molecule has 0 aliphatic heterocycles. The standard InChI is InChI=1S/C16H22F2N2O/c17-13-7-6-12(15(18)11-13)10-16(21)20(9-3-8-19)14-4-1-2-5-14/h6-7,11,14H,1-5,8-10,19H2. The van der Waals surface area contributed by atoms with E-state index >= 15 is 0 Å². The molecule has 2 N–H and O–H groups in total. The van der Waals surface area contributed by atoms with Gasteiger partial charge in [0.25, 0.3) is 0 Å². The van der Waals surface area contributed by atoms with E-state index in [4.69, 9.17) is 5.73 Å². The fourth-order valence-electron chi connectivity index (χ4n) is 2.92. The van der Waals surface area contributed by atoms with Gasteiger partial charge in [-0.15, -0.1) is 0 Å². The molecular formula is C16H22F2N2O. The van der Waals surface area contributed by atoms with Gasteiger partial charge in [-0.25, -0.2) is 8.78 Å². The molecule has 0 atom stereocenters. The van der Waals surface area contributed by atoms with Crippen molar-refractivity contribution in [1.82, 2.24) is 4.90 Å². The topological polar surface area (TPSA) is 46.3 Å². The highest BCUT2D eigenvalue weighted by Crippen LogP contribution is 2.24. The summed E-state index contributed by atoms with van der Waals surface area (Å²) in [6, 6.07) is 3.60. The van der Waals surface area contributed by atoms with Crippen LogP contribution in [0.4, 0.5) is 8.78 Å². The van der Waals surface area contributed by atoms with E-state index in [1.54, 1.807) is 0 Å². The Morgan fingerprint density at radius 2 is 2.00 bits per heavy atom. The zero-order valence-corrected chi connectivity index (χ0v) is 12.2. The summed E-state index contributed by atoms with van der Waals surface area (Å²) in [5, 5.41) is 0. The molecule has 2 rings (SSSR count). The van der Waals surface area contributed by atoms with Crippen LogP contribution in [0.5, 0.6) is 0 Å². The van der Waals surface area contributed by atoms with Crippen molar-refractivity contribution in [3.05, 3.63) is 35.4 Å². The molecule has 0 aromatic heterocycles. The Hall–Kier alpha value is -1.49. The van der Waals surface area contributed by atoms with E-state index in [1.165, 1.54) is 12.1 Å². The van der Waals surface area contributed by atoms with Crippen molar-refractivity contribution in [2.45, 2.75) is 44.6 Å². The Morgan fingerprint density at radius 1 is 1.29 bits per heavy atom. The molecule has 0 saturated heterocycles. The number of carbonyl (C=O) groups excluding carboxylic acids is 1. The number of amides is 1. The minimum absolute atomic E-state index is 0.0207. The molecule has 1 saturated carbocycles. The van der Waals surface area contributed by atoms with E-state index in [0.29, 0.717) is 13.1 Å². The van der Waals surface area contributed by atoms with Gasteiger partial charge in [0.05, 0.1) is 6.42 Å². The number of rotatable bonds is 6. The van der Waals surface area contributed by atoms with Crippen molar-refractivity contribution in [2.75, 3.05) is 13.1 Å². The molecule has 1 aliphatic carbocycles. The molecule has 21 heavy (non-hydrogen) atoms. The fourth-order valence-corrected chi connectivity index (χ4v) is 2.92. The number of hydrogen-bond acceptors (Lipinski definition) is 2. The van der Waals surface area contributed by atoms with Crippen LogP contribution in [0.1, 0.15) is 37.7 Å². The largest absolute Gasteiger partial charge is 0.339 e. The monoisotopic (exact) mass is 296 g/mol. The first-order valence-corrected chi connectivity index (χ1v) is 7.55. The molecule has 0 radical (unpaired) electrons. The van der Waals surface area contributed by atoms with Gasteiger partial charge in [0.2, 0.25) is 5.91 Å². The molecule has 3 nitrogen and oxygen atoms in total. The molecule has 5 heteroatoms. The van der Waals surface area contributed by atoms with E-state index in [-0.39, 0.29) is 23.9 Å². The lowest BCUT2D eigenvalue weighted by Crippen LogP contribution is -2.41. The number of nitrogens with zero attached hydrogens (tertiary/aromatic N) is 1. The number of benzene rings is 1. The predicted octanol–water partition coefficient (Wildman–Crippen LogP) is 2.63. The summed E-state index contributed by atoms with van der Waals surface area (Å²) >= 11 is 0. The molecular weight excluding hydrogens is 274 g/mol. The Bertz CT molecular complexity index is 487. The summed E-state index contributed by atoms with van der Waals surface area (Å²) in [5.74, 6) is -1.38. The summed E-state index contributed by atoms with van der Waals surface area (Å²) in [6.45, 7) is 1.14. The quantitative estimate of drug-likeness (QED) is 0.877. The van der Waals surface area contributed by atoms with Crippen LogP contribution in [0, 0.1) is 11.6 Å². The highest BCUT2D eigenvalue weighted by Gasteiger charge is 2.26. The molecule has 1 aromatic carbocycles. The zero-order chi connectivity index (χ0) is 15.2. The molecule has 1 fully saturated rings. The van der Waals surface area contributed by atoms with Crippen LogP contribution in [-0.2, 0) is 11.2 Å². The third kappa shape index (κ3) is 4.24. The zero-order valence-electron chi connectivity index (χ0n) is 12.2. The summed E-state index contributed by atoms with van der Waals surface area (Å²) in [7, 11) is 0. The molecule has 0 heterocycles. The van der Waals surface area contributed by atoms with Crippen LogP contribution in [0.15, 0.2) is 18.2 Å². The maximum atomic E-state index is 13.7. The third-order valence-corrected chi connectivity index (χ3v) is 4.05. The molecule has 116 valence electrons. The maximum Gasteiger partial charge on any atom is 0.227 e. The van der Waals surface area contributed by atoms with Gasteiger partial charge in [0, 0.05) is 18.7 Å². The minimum Gasteiger partial charge on any atom is -0.339 e. The van der Waals surface area contributed by atoms with Crippen molar-refractivity contribution in [2.24, 2.45) is 5.73 Å². The smallest absolute Gasteiger partial charge is 0.227 e. The van der Waals surface area contributed by atoms with Crippen LogP contribution in [-0.4, -0.2) is 29.9 Å². The Balaban J connectivity index is 2.06. The van der Waals surface area contributed by atoms with E-state index in [1.807, 2.05) is 4.90 Å². The van der Waals surface area contributed by atoms with Crippen LogP contribution in [0.2, 0.25) is 0 Å². The number of carbonyl (C=O) groups is 1.